The number of H-pyrrole nitrogens is 1. The van der Waals surface area contributed by atoms with Crippen molar-refractivity contribution in [2.45, 2.75) is 57.8 Å². The first-order valence-corrected chi connectivity index (χ1v) is 12.6. The van der Waals surface area contributed by atoms with Crippen LogP contribution in [0.4, 0.5) is 4.39 Å². The number of nitrogens with one attached hydrogen (secondary N) is 2. The lowest BCUT2D eigenvalue weighted by molar-refractivity contribution is -0.149. The monoisotopic (exact) mass is 515 g/mol. The van der Waals surface area contributed by atoms with Crippen LogP contribution in [0.2, 0.25) is 0 Å². The summed E-state index contributed by atoms with van der Waals surface area (Å²) in [6, 6.07) is 8.67. The molecular formula is C21H27FN3O7PS. The summed E-state index contributed by atoms with van der Waals surface area (Å²) in [7, 11) is -4.12. The topological polar surface area (TPSA) is 121 Å². The number of aromatic amines is 1. The van der Waals surface area contributed by atoms with E-state index in [0.29, 0.717) is 0 Å². The quantitative estimate of drug-likeness (QED) is 0.277. The maximum Gasteiger partial charge on any atom is 0.459 e. The van der Waals surface area contributed by atoms with Gasteiger partial charge < -0.3 is 14.0 Å². The van der Waals surface area contributed by atoms with Gasteiger partial charge in [0.15, 0.2) is 6.23 Å². The van der Waals surface area contributed by atoms with E-state index in [1.807, 2.05) is 0 Å². The molecule has 0 bridgehead atoms. The minimum Gasteiger partial charge on any atom is -0.462 e. The molecule has 1 aromatic carbocycles. The minimum atomic E-state index is -4.12. The standard InChI is InChI=1S/C21H27FN3O7PS/c1-13(2)30-20(26)14(3)24-33(28,32-15-7-5-4-6-8-15)29-12-16-11-17(22)19(31-16)25-10-9-18(34)23-21(25)27/h4-10,13-14,16-17,19H,11-12H2,1-3H3,(H,24,28)(H,23,27,34). The Morgan fingerprint density at radius 1 is 1.32 bits per heavy atom. The average Bonchev–Trinajstić information content (AvgIpc) is 3.13. The van der Waals surface area contributed by atoms with E-state index in [1.54, 1.807) is 44.2 Å². The third kappa shape index (κ3) is 7.07. The highest BCUT2D eigenvalue weighted by Gasteiger charge is 2.40. The fourth-order valence-corrected chi connectivity index (χ4v) is 4.87. The number of halogens is 1. The van der Waals surface area contributed by atoms with Gasteiger partial charge in [-0.3, -0.25) is 18.9 Å². The summed E-state index contributed by atoms with van der Waals surface area (Å²) in [4.78, 5) is 26.7. The summed E-state index contributed by atoms with van der Waals surface area (Å²) in [6.45, 7) is 4.51. The van der Waals surface area contributed by atoms with Gasteiger partial charge in [-0.2, -0.15) is 5.09 Å². The van der Waals surface area contributed by atoms with Crippen LogP contribution in [0.5, 0.6) is 5.75 Å². The van der Waals surface area contributed by atoms with Crippen LogP contribution in [-0.2, 0) is 23.4 Å². The Labute approximate surface area is 201 Å². The minimum absolute atomic E-state index is 0.108. The molecule has 186 valence electrons. The highest BCUT2D eigenvalue weighted by molar-refractivity contribution is 7.71. The largest absolute Gasteiger partial charge is 0.462 e. The fraction of sp³-hybridized carbons (Fsp3) is 0.476. The van der Waals surface area contributed by atoms with Crippen LogP contribution in [0.3, 0.4) is 0 Å². The molecule has 1 aliphatic rings. The van der Waals surface area contributed by atoms with Crippen molar-refractivity contribution >= 4 is 25.9 Å². The molecule has 10 nitrogen and oxygen atoms in total. The van der Waals surface area contributed by atoms with Gasteiger partial charge in [0.2, 0.25) is 0 Å². The molecule has 5 atom stereocenters. The van der Waals surface area contributed by atoms with Gasteiger partial charge in [-0.05, 0) is 39.0 Å². The van der Waals surface area contributed by atoms with Gasteiger partial charge in [0, 0.05) is 12.6 Å². The zero-order chi connectivity index (χ0) is 24.9. The van der Waals surface area contributed by atoms with E-state index in [4.69, 9.17) is 30.7 Å². The van der Waals surface area contributed by atoms with E-state index in [9.17, 15) is 18.5 Å². The maximum absolute atomic E-state index is 14.7. The summed E-state index contributed by atoms with van der Waals surface area (Å²) >= 11 is 4.89. The van der Waals surface area contributed by atoms with Gasteiger partial charge in [-0.15, -0.1) is 0 Å². The van der Waals surface area contributed by atoms with Crippen molar-refractivity contribution < 1.29 is 32.3 Å². The highest BCUT2D eigenvalue weighted by atomic mass is 32.1. The molecule has 5 unspecified atom stereocenters. The number of alkyl halides is 1. The highest BCUT2D eigenvalue weighted by Crippen LogP contribution is 2.46. The Balaban J connectivity index is 1.71. The van der Waals surface area contributed by atoms with Crippen LogP contribution < -0.4 is 15.3 Å². The third-order valence-corrected chi connectivity index (χ3v) is 6.59. The fourth-order valence-electron chi connectivity index (χ4n) is 3.20. The molecule has 1 aliphatic heterocycles. The maximum atomic E-state index is 14.7. The van der Waals surface area contributed by atoms with E-state index in [1.165, 1.54) is 19.2 Å². The lowest BCUT2D eigenvalue weighted by atomic mass is 10.2. The van der Waals surface area contributed by atoms with Gasteiger partial charge >= 0.3 is 19.4 Å². The number of carbonyl (C=O) groups excluding carboxylic acids is 1. The van der Waals surface area contributed by atoms with Crippen LogP contribution >= 0.6 is 20.0 Å². The second-order valence-corrected chi connectivity index (χ2v) is 10.1. The van der Waals surface area contributed by atoms with Crippen molar-refractivity contribution in [1.82, 2.24) is 14.6 Å². The molecule has 1 aromatic heterocycles. The number of hydrogen-bond donors (Lipinski definition) is 2. The molecule has 0 amide bonds. The molecule has 34 heavy (non-hydrogen) atoms. The summed E-state index contributed by atoms with van der Waals surface area (Å²) in [6.07, 6.45) is -2.68. The number of hydrogen-bond acceptors (Lipinski definition) is 8. The number of ether oxygens (including phenoxy) is 2. The normalized spacial score (nSPS) is 22.8. The Morgan fingerprint density at radius 2 is 2.03 bits per heavy atom. The van der Waals surface area contributed by atoms with Crippen LogP contribution in [0.25, 0.3) is 0 Å². The van der Waals surface area contributed by atoms with Crippen LogP contribution in [0, 0.1) is 4.64 Å². The van der Waals surface area contributed by atoms with Crippen molar-refractivity contribution in [3.8, 4) is 5.75 Å². The number of benzene rings is 1. The van der Waals surface area contributed by atoms with Gasteiger partial charge in [0.25, 0.3) is 0 Å². The SMILES string of the molecule is CC(C)OC(=O)C(C)NP(=O)(OCC1CC(F)C(n2ccc(=S)[nH]c2=O)O1)Oc1ccccc1. The van der Waals surface area contributed by atoms with Crippen molar-refractivity contribution in [2.24, 2.45) is 0 Å². The summed E-state index contributed by atoms with van der Waals surface area (Å²) in [5.74, 6) is -0.403. The molecule has 0 aliphatic carbocycles. The van der Waals surface area contributed by atoms with Crippen molar-refractivity contribution in [1.29, 1.82) is 0 Å². The molecule has 1 saturated heterocycles. The predicted octanol–water partition coefficient (Wildman–Crippen LogP) is 3.66. The van der Waals surface area contributed by atoms with Gasteiger partial charge in [-0.1, -0.05) is 30.4 Å². The summed E-state index contributed by atoms with van der Waals surface area (Å²) in [5.41, 5.74) is -0.612. The Kier molecular flexibility index (Phi) is 8.78. The average molecular weight is 516 g/mol. The lowest BCUT2D eigenvalue weighted by Gasteiger charge is -2.24. The molecule has 0 spiro atoms. The van der Waals surface area contributed by atoms with E-state index in [2.05, 4.69) is 10.1 Å². The molecule has 0 radical (unpaired) electrons. The van der Waals surface area contributed by atoms with Crippen molar-refractivity contribution in [2.75, 3.05) is 6.61 Å². The second kappa shape index (κ2) is 11.4. The number of nitrogens with zero attached hydrogens (tertiary/aromatic N) is 1. The smallest absolute Gasteiger partial charge is 0.459 e. The number of esters is 1. The molecule has 3 rings (SSSR count). The van der Waals surface area contributed by atoms with Gasteiger partial charge in [0.1, 0.15) is 22.6 Å². The van der Waals surface area contributed by atoms with Crippen molar-refractivity contribution in [3.63, 3.8) is 0 Å². The molecule has 2 N–H and O–H groups in total. The Morgan fingerprint density at radius 3 is 2.68 bits per heavy atom. The van der Waals surface area contributed by atoms with E-state index in [0.717, 1.165) is 4.57 Å². The van der Waals surface area contributed by atoms with E-state index < -0.39 is 44.0 Å². The Bertz CT molecular complexity index is 1140. The van der Waals surface area contributed by atoms with Crippen LogP contribution in [-0.4, -0.2) is 46.5 Å². The van der Waals surface area contributed by atoms with Crippen molar-refractivity contribution in [3.05, 3.63) is 57.7 Å². The summed E-state index contributed by atoms with van der Waals surface area (Å²) < 4.78 is 51.3. The van der Waals surface area contributed by atoms with Gasteiger partial charge in [-0.25, -0.2) is 13.8 Å². The zero-order valence-electron chi connectivity index (χ0n) is 18.9. The number of rotatable bonds is 10. The van der Waals surface area contributed by atoms with Gasteiger partial charge in [0.05, 0.1) is 18.8 Å². The second-order valence-electron chi connectivity index (χ2n) is 7.95. The third-order valence-electron chi connectivity index (χ3n) is 4.71. The van der Waals surface area contributed by atoms with E-state index >= 15 is 0 Å². The molecule has 13 heteroatoms. The lowest BCUT2D eigenvalue weighted by Crippen LogP contribution is -2.36. The Hall–Kier alpha value is -2.37. The number of para-hydroxylation sites is 1. The van der Waals surface area contributed by atoms with E-state index in [-0.39, 0.29) is 29.5 Å². The first-order valence-electron chi connectivity index (χ1n) is 10.6. The molecular weight excluding hydrogens is 488 g/mol. The molecule has 2 aromatic rings. The molecule has 0 saturated carbocycles. The van der Waals surface area contributed by atoms with Crippen LogP contribution in [0.1, 0.15) is 33.4 Å². The molecule has 2 heterocycles. The van der Waals surface area contributed by atoms with Crippen LogP contribution in [0.15, 0.2) is 47.4 Å². The zero-order valence-corrected chi connectivity index (χ0v) is 20.6. The number of aromatic nitrogens is 2. The molecule has 1 fully saturated rings. The first-order chi connectivity index (χ1) is 16.1. The summed E-state index contributed by atoms with van der Waals surface area (Å²) in [5, 5.41) is 2.56. The number of carbonyl (C=O) groups is 1. The first kappa shape index (κ1) is 26.2. The predicted molar refractivity (Wildman–Crippen MR) is 124 cm³/mol.